The van der Waals surface area contributed by atoms with Gasteiger partial charge >= 0.3 is 5.97 Å². The number of rotatable bonds is 5. The highest BCUT2D eigenvalue weighted by atomic mass is 32.1. The lowest BCUT2D eigenvalue weighted by atomic mass is 9.98. The van der Waals surface area contributed by atoms with E-state index in [-0.39, 0.29) is 23.6 Å². The topological polar surface area (TPSA) is 108 Å². The van der Waals surface area contributed by atoms with Crippen molar-refractivity contribution in [1.82, 2.24) is 4.90 Å². The Kier molecular flexibility index (Phi) is 5.50. The molecule has 0 unspecified atom stereocenters. The fourth-order valence-electron chi connectivity index (χ4n) is 3.18. The molecule has 1 atom stereocenters. The number of ether oxygens (including phenoxy) is 3. The van der Waals surface area contributed by atoms with Gasteiger partial charge in [-0.15, -0.1) is 11.3 Å². The molecule has 0 aliphatic carbocycles. The van der Waals surface area contributed by atoms with Gasteiger partial charge in [0, 0.05) is 17.4 Å². The van der Waals surface area contributed by atoms with Crippen molar-refractivity contribution in [2.75, 3.05) is 21.3 Å². The molecule has 0 saturated heterocycles. The van der Waals surface area contributed by atoms with Crippen LogP contribution in [0.1, 0.15) is 20.8 Å². The number of benzene rings is 1. The molecule has 1 amide bonds. The summed E-state index contributed by atoms with van der Waals surface area (Å²) in [5.74, 6) is -0.912. The molecule has 1 aromatic carbocycles. The third kappa shape index (κ3) is 3.38. The normalized spacial score (nSPS) is 15.5. The number of hydrogen-bond acceptors (Lipinski definition) is 8. The van der Waals surface area contributed by atoms with E-state index < -0.39 is 28.5 Å². The Morgan fingerprint density at radius 2 is 1.89 bits per heavy atom. The van der Waals surface area contributed by atoms with Crippen LogP contribution in [0.5, 0.6) is 11.5 Å². The number of methoxy groups -OCH3 is 3. The first-order valence-corrected chi connectivity index (χ1v) is 9.13. The molecule has 1 aliphatic heterocycles. The molecular weight excluding hydrogens is 388 g/mol. The molecule has 28 heavy (non-hydrogen) atoms. The van der Waals surface area contributed by atoms with Crippen molar-refractivity contribution in [1.29, 1.82) is 0 Å². The highest BCUT2D eigenvalue weighted by Crippen LogP contribution is 2.37. The van der Waals surface area contributed by atoms with Gasteiger partial charge in [0.15, 0.2) is 11.5 Å². The van der Waals surface area contributed by atoms with Crippen molar-refractivity contribution in [3.05, 3.63) is 49.7 Å². The molecule has 0 fully saturated rings. The van der Waals surface area contributed by atoms with E-state index in [1.807, 2.05) is 11.4 Å². The molecule has 0 spiro atoms. The zero-order valence-electron chi connectivity index (χ0n) is 15.5. The third-order valence-corrected chi connectivity index (χ3v) is 5.55. The molecule has 1 aliphatic rings. The first-order valence-electron chi connectivity index (χ1n) is 8.25. The number of carbonyl (C=O) groups is 2. The SMILES string of the molecule is COC(=O)[C@@H]1Cc2ccsc2CN1C(=O)c1cc(OC)c(OC)cc1[N+](=O)[O-]. The average molecular weight is 406 g/mol. The van der Waals surface area contributed by atoms with E-state index in [1.54, 1.807) is 0 Å². The maximum absolute atomic E-state index is 13.3. The number of nitro groups is 1. The van der Waals surface area contributed by atoms with Gasteiger partial charge in [-0.2, -0.15) is 0 Å². The smallest absolute Gasteiger partial charge is 0.328 e. The molecule has 2 heterocycles. The van der Waals surface area contributed by atoms with E-state index in [2.05, 4.69) is 0 Å². The van der Waals surface area contributed by atoms with Crippen LogP contribution < -0.4 is 9.47 Å². The summed E-state index contributed by atoms with van der Waals surface area (Å²) >= 11 is 1.46. The fraction of sp³-hybridized carbons (Fsp3) is 0.333. The van der Waals surface area contributed by atoms with E-state index in [4.69, 9.17) is 14.2 Å². The lowest BCUT2D eigenvalue weighted by molar-refractivity contribution is -0.385. The van der Waals surface area contributed by atoms with E-state index >= 15 is 0 Å². The molecule has 10 heteroatoms. The maximum Gasteiger partial charge on any atom is 0.328 e. The average Bonchev–Trinajstić information content (AvgIpc) is 3.17. The second-order valence-electron chi connectivity index (χ2n) is 6.03. The minimum Gasteiger partial charge on any atom is -0.493 e. The molecule has 0 N–H and O–H groups in total. The molecule has 2 aromatic rings. The van der Waals surface area contributed by atoms with Gasteiger partial charge in [-0.05, 0) is 17.0 Å². The fourth-order valence-corrected chi connectivity index (χ4v) is 4.09. The zero-order valence-corrected chi connectivity index (χ0v) is 16.3. The number of carbonyl (C=O) groups excluding carboxylic acids is 2. The molecule has 0 bridgehead atoms. The zero-order chi connectivity index (χ0) is 20.4. The van der Waals surface area contributed by atoms with Crippen molar-refractivity contribution in [2.45, 2.75) is 19.0 Å². The molecule has 0 saturated carbocycles. The minimum atomic E-state index is -0.868. The summed E-state index contributed by atoms with van der Waals surface area (Å²) in [4.78, 5) is 38.7. The van der Waals surface area contributed by atoms with Gasteiger partial charge in [-0.25, -0.2) is 4.79 Å². The summed E-state index contributed by atoms with van der Waals surface area (Å²) in [5.41, 5.74) is 0.353. The van der Waals surface area contributed by atoms with Gasteiger partial charge in [0.2, 0.25) is 0 Å². The molecular formula is C18H18N2O7S. The third-order valence-electron chi connectivity index (χ3n) is 4.60. The summed E-state index contributed by atoms with van der Waals surface area (Å²) in [6.45, 7) is 0.164. The van der Waals surface area contributed by atoms with Crippen LogP contribution in [0.25, 0.3) is 0 Å². The monoisotopic (exact) mass is 406 g/mol. The summed E-state index contributed by atoms with van der Waals surface area (Å²) in [7, 11) is 3.96. The summed E-state index contributed by atoms with van der Waals surface area (Å²) in [6.07, 6.45) is 0.290. The van der Waals surface area contributed by atoms with Crippen molar-refractivity contribution in [2.24, 2.45) is 0 Å². The molecule has 148 valence electrons. The van der Waals surface area contributed by atoms with Crippen molar-refractivity contribution >= 4 is 28.9 Å². The second-order valence-corrected chi connectivity index (χ2v) is 7.03. The Morgan fingerprint density at radius 1 is 1.21 bits per heavy atom. The van der Waals surface area contributed by atoms with Crippen LogP contribution in [-0.2, 0) is 22.5 Å². The Morgan fingerprint density at radius 3 is 2.50 bits per heavy atom. The summed E-state index contributed by atoms with van der Waals surface area (Å²) in [6, 6.07) is 3.43. The lowest BCUT2D eigenvalue weighted by Gasteiger charge is -2.33. The highest BCUT2D eigenvalue weighted by Gasteiger charge is 2.39. The molecule has 0 radical (unpaired) electrons. The summed E-state index contributed by atoms with van der Waals surface area (Å²) in [5, 5.41) is 13.4. The largest absolute Gasteiger partial charge is 0.493 e. The van der Waals surface area contributed by atoms with Crippen molar-refractivity contribution in [3.63, 3.8) is 0 Å². The Hall–Kier alpha value is -3.14. The summed E-state index contributed by atoms with van der Waals surface area (Å²) < 4.78 is 15.1. The highest BCUT2D eigenvalue weighted by molar-refractivity contribution is 7.10. The Labute approximate surface area is 164 Å². The number of amides is 1. The van der Waals surface area contributed by atoms with Crippen molar-refractivity contribution in [3.8, 4) is 11.5 Å². The number of fused-ring (bicyclic) bond motifs is 1. The Bertz CT molecular complexity index is 940. The van der Waals surface area contributed by atoms with E-state index in [1.165, 1.54) is 43.6 Å². The molecule has 1 aromatic heterocycles. The van der Waals surface area contributed by atoms with Crippen LogP contribution in [0.4, 0.5) is 5.69 Å². The van der Waals surface area contributed by atoms with Gasteiger partial charge in [-0.1, -0.05) is 0 Å². The first kappa shape index (κ1) is 19.6. The van der Waals surface area contributed by atoms with E-state index in [0.29, 0.717) is 6.42 Å². The first-order chi connectivity index (χ1) is 13.4. The predicted octanol–water partition coefficient (Wildman–Crippen LogP) is 2.41. The number of nitro benzene ring substituents is 1. The van der Waals surface area contributed by atoms with Crippen LogP contribution in [0, 0.1) is 10.1 Å². The van der Waals surface area contributed by atoms with Gasteiger partial charge in [0.05, 0.1) is 38.9 Å². The second kappa shape index (κ2) is 7.85. The lowest BCUT2D eigenvalue weighted by Crippen LogP contribution is -2.48. The number of esters is 1. The van der Waals surface area contributed by atoms with Gasteiger partial charge in [0.1, 0.15) is 11.6 Å². The molecule has 3 rings (SSSR count). The number of thiophene rings is 1. The van der Waals surface area contributed by atoms with Crippen LogP contribution >= 0.6 is 11.3 Å². The quantitative estimate of drug-likeness (QED) is 0.426. The van der Waals surface area contributed by atoms with E-state index in [0.717, 1.165) is 16.5 Å². The molecule has 9 nitrogen and oxygen atoms in total. The van der Waals surface area contributed by atoms with Crippen LogP contribution in [0.3, 0.4) is 0 Å². The van der Waals surface area contributed by atoms with Crippen LogP contribution in [-0.4, -0.2) is 49.1 Å². The van der Waals surface area contributed by atoms with Crippen LogP contribution in [0.15, 0.2) is 23.6 Å². The Balaban J connectivity index is 2.08. The predicted molar refractivity (Wildman–Crippen MR) is 99.9 cm³/mol. The van der Waals surface area contributed by atoms with Crippen LogP contribution in [0.2, 0.25) is 0 Å². The van der Waals surface area contributed by atoms with Gasteiger partial charge in [0.25, 0.3) is 11.6 Å². The van der Waals surface area contributed by atoms with Gasteiger partial charge < -0.3 is 19.1 Å². The van der Waals surface area contributed by atoms with E-state index in [9.17, 15) is 19.7 Å². The number of nitrogens with zero attached hydrogens (tertiary/aromatic N) is 2. The maximum atomic E-state index is 13.3. The minimum absolute atomic E-state index is 0.134. The van der Waals surface area contributed by atoms with Gasteiger partial charge in [-0.3, -0.25) is 14.9 Å². The standard InChI is InChI=1S/C18H18N2O7S/c1-25-14-7-11(12(20(23)24)8-15(14)26-2)17(21)19-9-16-10(4-5-28-16)6-13(19)18(22)27-3/h4-5,7-8,13H,6,9H2,1-3H3/t13-/m0/s1. The van der Waals surface area contributed by atoms with Crippen molar-refractivity contribution < 1.29 is 28.7 Å². The number of hydrogen-bond donors (Lipinski definition) is 0.